The summed E-state index contributed by atoms with van der Waals surface area (Å²) in [6.45, 7) is 4.75. The van der Waals surface area contributed by atoms with Crippen LogP contribution in [0.25, 0.3) is 0 Å². The van der Waals surface area contributed by atoms with Crippen molar-refractivity contribution in [3.05, 3.63) is 82.1 Å². The maximum Gasteiger partial charge on any atom is 0.264 e. The smallest absolute Gasteiger partial charge is 0.264 e. The van der Waals surface area contributed by atoms with Gasteiger partial charge in [-0.3, -0.25) is 13.9 Å². The van der Waals surface area contributed by atoms with Gasteiger partial charge in [0.25, 0.3) is 10.0 Å². The highest BCUT2D eigenvalue weighted by molar-refractivity contribution is 7.92. The fourth-order valence-corrected chi connectivity index (χ4v) is 6.24. The summed E-state index contributed by atoms with van der Waals surface area (Å²) in [6, 6.07) is 12.4. The summed E-state index contributed by atoms with van der Waals surface area (Å²) in [7, 11) is -4.41. The fraction of sp³-hybridized carbons (Fsp3) is 0.310. The molecule has 13 heteroatoms. The van der Waals surface area contributed by atoms with E-state index in [-0.39, 0.29) is 45.6 Å². The molecule has 0 radical (unpaired) electrons. The van der Waals surface area contributed by atoms with Crippen LogP contribution >= 0.6 is 23.2 Å². The molecule has 0 fully saturated rings. The van der Waals surface area contributed by atoms with Gasteiger partial charge in [-0.25, -0.2) is 12.8 Å². The summed E-state index contributed by atoms with van der Waals surface area (Å²) in [5, 5.41) is 3.32. The van der Waals surface area contributed by atoms with E-state index in [1.807, 2.05) is 0 Å². The van der Waals surface area contributed by atoms with Crippen molar-refractivity contribution in [3.8, 4) is 11.5 Å². The molecule has 3 aromatic rings. The van der Waals surface area contributed by atoms with Crippen LogP contribution in [0.3, 0.4) is 0 Å². The second-order valence-electron chi connectivity index (χ2n) is 9.85. The third-order valence-electron chi connectivity index (χ3n) is 6.48. The van der Waals surface area contributed by atoms with E-state index in [0.29, 0.717) is 17.9 Å². The van der Waals surface area contributed by atoms with Crippen molar-refractivity contribution in [1.29, 1.82) is 0 Å². The van der Waals surface area contributed by atoms with E-state index in [9.17, 15) is 22.4 Å². The molecule has 1 unspecified atom stereocenters. The molecule has 42 heavy (non-hydrogen) atoms. The fourth-order valence-electron chi connectivity index (χ4n) is 4.29. The standard InChI is InChI=1S/C29H30Cl2FN3O6S/c1-18(2)33-29(37)19(3)34(16-23-24(30)5-4-6-25(23)31)28(36)17-35(21-9-7-20(32)8-10-21)42(38,39)22-11-12-26-27(15-22)41-14-13-40-26/h4-12,15,18-19H,13-14,16-17H2,1-3H3,(H,33,37). The first-order valence-corrected chi connectivity index (χ1v) is 15.3. The Balaban J connectivity index is 1.75. The number of halogens is 3. The van der Waals surface area contributed by atoms with Gasteiger partial charge in [0.1, 0.15) is 31.6 Å². The van der Waals surface area contributed by atoms with Crippen LogP contribution in [0, 0.1) is 5.82 Å². The van der Waals surface area contributed by atoms with E-state index in [2.05, 4.69) is 5.32 Å². The minimum Gasteiger partial charge on any atom is -0.486 e. The normalized spacial score (nSPS) is 13.4. The van der Waals surface area contributed by atoms with E-state index in [4.69, 9.17) is 32.7 Å². The molecule has 0 aromatic heterocycles. The SMILES string of the molecule is CC(C)NC(=O)C(C)N(Cc1c(Cl)cccc1Cl)C(=O)CN(c1ccc(F)cc1)S(=O)(=O)c1ccc2c(c1)OCCO2. The maximum atomic E-state index is 14.0. The molecular weight excluding hydrogens is 608 g/mol. The molecule has 0 aliphatic carbocycles. The Morgan fingerprint density at radius 2 is 1.57 bits per heavy atom. The summed E-state index contributed by atoms with van der Waals surface area (Å²) in [4.78, 5) is 28.1. The Bertz CT molecular complexity index is 1550. The largest absolute Gasteiger partial charge is 0.486 e. The molecular formula is C29H30Cl2FN3O6S. The Morgan fingerprint density at radius 1 is 0.952 bits per heavy atom. The molecule has 224 valence electrons. The summed E-state index contributed by atoms with van der Waals surface area (Å²) in [5.41, 5.74) is 0.427. The number of ether oxygens (including phenoxy) is 2. The summed E-state index contributed by atoms with van der Waals surface area (Å²) in [6.07, 6.45) is 0. The van der Waals surface area contributed by atoms with Gasteiger partial charge in [0.2, 0.25) is 11.8 Å². The number of benzene rings is 3. The lowest BCUT2D eigenvalue weighted by Gasteiger charge is -2.32. The van der Waals surface area contributed by atoms with Crippen LogP contribution in [-0.4, -0.2) is 57.0 Å². The molecule has 1 aliphatic rings. The Labute approximate surface area is 254 Å². The van der Waals surface area contributed by atoms with E-state index < -0.39 is 40.2 Å². The van der Waals surface area contributed by atoms with Crippen molar-refractivity contribution in [2.45, 2.75) is 44.3 Å². The maximum absolute atomic E-state index is 14.0. The van der Waals surface area contributed by atoms with Crippen LogP contribution in [0.2, 0.25) is 10.0 Å². The highest BCUT2D eigenvalue weighted by Gasteiger charge is 2.34. The number of nitrogens with zero attached hydrogens (tertiary/aromatic N) is 2. The van der Waals surface area contributed by atoms with Gasteiger partial charge in [0, 0.05) is 34.3 Å². The number of rotatable bonds is 10. The van der Waals surface area contributed by atoms with Crippen LogP contribution < -0.4 is 19.1 Å². The monoisotopic (exact) mass is 637 g/mol. The van der Waals surface area contributed by atoms with Crippen LogP contribution in [0.15, 0.2) is 65.6 Å². The first-order valence-electron chi connectivity index (χ1n) is 13.1. The predicted molar refractivity (Wildman–Crippen MR) is 158 cm³/mol. The third-order valence-corrected chi connectivity index (χ3v) is 8.96. The van der Waals surface area contributed by atoms with E-state index in [1.165, 1.54) is 42.2 Å². The molecule has 0 spiro atoms. The molecule has 1 heterocycles. The zero-order valence-electron chi connectivity index (χ0n) is 23.1. The van der Waals surface area contributed by atoms with Crippen molar-refractivity contribution in [1.82, 2.24) is 10.2 Å². The zero-order valence-corrected chi connectivity index (χ0v) is 25.5. The average Bonchev–Trinajstić information content (AvgIpc) is 2.95. The lowest BCUT2D eigenvalue weighted by molar-refractivity contribution is -0.139. The average molecular weight is 639 g/mol. The second kappa shape index (κ2) is 13.2. The first-order chi connectivity index (χ1) is 19.9. The number of hydrogen-bond acceptors (Lipinski definition) is 6. The molecule has 1 N–H and O–H groups in total. The van der Waals surface area contributed by atoms with E-state index >= 15 is 0 Å². The number of hydrogen-bond donors (Lipinski definition) is 1. The zero-order chi connectivity index (χ0) is 30.6. The number of anilines is 1. The number of nitrogens with one attached hydrogen (secondary N) is 1. The van der Waals surface area contributed by atoms with Crippen molar-refractivity contribution in [2.75, 3.05) is 24.1 Å². The molecule has 9 nitrogen and oxygen atoms in total. The second-order valence-corrected chi connectivity index (χ2v) is 12.5. The minimum absolute atomic E-state index is 0.0367. The molecule has 0 saturated carbocycles. The van der Waals surface area contributed by atoms with Crippen molar-refractivity contribution >= 4 is 50.7 Å². The topological polar surface area (TPSA) is 105 Å². The van der Waals surface area contributed by atoms with Gasteiger partial charge >= 0.3 is 0 Å². The number of carbonyl (C=O) groups is 2. The predicted octanol–water partition coefficient (Wildman–Crippen LogP) is 5.04. The number of sulfonamides is 1. The lowest BCUT2D eigenvalue weighted by Crippen LogP contribution is -2.52. The van der Waals surface area contributed by atoms with Crippen LogP contribution in [0.4, 0.5) is 10.1 Å². The number of amides is 2. The molecule has 0 bridgehead atoms. The van der Waals surface area contributed by atoms with Gasteiger partial charge in [-0.1, -0.05) is 29.3 Å². The van der Waals surface area contributed by atoms with Crippen LogP contribution in [-0.2, 0) is 26.2 Å². The third kappa shape index (κ3) is 7.08. The number of carbonyl (C=O) groups excluding carboxylic acids is 2. The Morgan fingerprint density at radius 3 is 2.19 bits per heavy atom. The van der Waals surface area contributed by atoms with Gasteiger partial charge in [0.15, 0.2) is 11.5 Å². The number of fused-ring (bicyclic) bond motifs is 1. The quantitative estimate of drug-likeness (QED) is 0.334. The van der Waals surface area contributed by atoms with E-state index in [1.54, 1.807) is 32.0 Å². The Hall–Kier alpha value is -3.54. The van der Waals surface area contributed by atoms with Gasteiger partial charge in [-0.05, 0) is 69.3 Å². The Kier molecular flexibility index (Phi) is 9.85. The van der Waals surface area contributed by atoms with Gasteiger partial charge in [0.05, 0.1) is 10.6 Å². The van der Waals surface area contributed by atoms with Crippen molar-refractivity contribution in [3.63, 3.8) is 0 Å². The minimum atomic E-state index is -4.41. The molecule has 1 atom stereocenters. The van der Waals surface area contributed by atoms with Crippen molar-refractivity contribution < 1.29 is 31.9 Å². The summed E-state index contributed by atoms with van der Waals surface area (Å²) in [5.74, 6) is -1.14. The molecule has 1 aliphatic heterocycles. The summed E-state index contributed by atoms with van der Waals surface area (Å²) < 4.78 is 53.8. The molecule has 3 aromatic carbocycles. The lowest BCUT2D eigenvalue weighted by atomic mass is 10.1. The van der Waals surface area contributed by atoms with Gasteiger partial charge in [-0.15, -0.1) is 0 Å². The van der Waals surface area contributed by atoms with Crippen LogP contribution in [0.1, 0.15) is 26.3 Å². The highest BCUT2D eigenvalue weighted by atomic mass is 35.5. The molecule has 4 rings (SSSR count). The van der Waals surface area contributed by atoms with Crippen LogP contribution in [0.5, 0.6) is 11.5 Å². The van der Waals surface area contributed by atoms with Crippen molar-refractivity contribution in [2.24, 2.45) is 0 Å². The first kappa shape index (κ1) is 31.4. The van der Waals surface area contributed by atoms with Gasteiger partial charge < -0.3 is 19.7 Å². The van der Waals surface area contributed by atoms with Gasteiger partial charge in [-0.2, -0.15) is 0 Å². The summed E-state index contributed by atoms with van der Waals surface area (Å²) >= 11 is 12.8. The van der Waals surface area contributed by atoms with E-state index in [0.717, 1.165) is 16.4 Å². The highest BCUT2D eigenvalue weighted by Crippen LogP contribution is 2.34. The molecule has 0 saturated heterocycles. The molecule has 2 amide bonds.